The van der Waals surface area contributed by atoms with Crippen molar-refractivity contribution in [3.05, 3.63) is 309 Å². The fourth-order valence-electron chi connectivity index (χ4n) is 15.6. The zero-order valence-electron chi connectivity index (χ0n) is 42.1. The summed E-state index contributed by atoms with van der Waals surface area (Å²) in [7, 11) is 0. The van der Waals surface area contributed by atoms with Crippen LogP contribution in [-0.4, -0.2) is 0 Å². The molecule has 0 nitrogen and oxygen atoms in total. The molecular formula is C74H52. The van der Waals surface area contributed by atoms with Crippen LogP contribution >= 0.6 is 0 Å². The Bertz CT molecular complexity index is 4070. The summed E-state index contributed by atoms with van der Waals surface area (Å²) >= 11 is 0. The van der Waals surface area contributed by atoms with E-state index in [1.54, 1.807) is 0 Å². The lowest BCUT2D eigenvalue weighted by Gasteiger charge is -2.35. The van der Waals surface area contributed by atoms with Crippen molar-refractivity contribution in [3.63, 3.8) is 0 Å². The highest BCUT2D eigenvalue weighted by atomic mass is 14.6. The van der Waals surface area contributed by atoms with Gasteiger partial charge in [0.2, 0.25) is 0 Å². The number of hydrogen-bond donors (Lipinski definition) is 0. The maximum absolute atomic E-state index is 2.55. The van der Waals surface area contributed by atoms with E-state index in [0.29, 0.717) is 0 Å². The molecule has 0 bridgehead atoms. The predicted octanol–water partition coefficient (Wildman–Crippen LogP) is 18.3. The van der Waals surface area contributed by atoms with Gasteiger partial charge in [-0.15, -0.1) is 0 Å². The van der Waals surface area contributed by atoms with Gasteiger partial charge in [-0.1, -0.05) is 258 Å². The van der Waals surface area contributed by atoms with Crippen LogP contribution in [0.25, 0.3) is 77.9 Å². The number of fused-ring (bicyclic) bond motifs is 20. The molecular weight excluding hydrogens is 889 g/mol. The normalized spacial score (nSPS) is 16.0. The van der Waals surface area contributed by atoms with Crippen molar-refractivity contribution in [2.24, 2.45) is 0 Å². The lowest BCUT2D eigenvalue weighted by molar-refractivity contribution is 0.660. The first kappa shape index (κ1) is 42.0. The van der Waals surface area contributed by atoms with Crippen LogP contribution in [0.4, 0.5) is 0 Å². The molecule has 5 aliphatic rings. The first-order chi connectivity index (χ1) is 36.2. The zero-order valence-corrected chi connectivity index (χ0v) is 42.1. The third kappa shape index (κ3) is 4.99. The van der Waals surface area contributed by atoms with Crippen LogP contribution in [0.5, 0.6) is 0 Å². The molecule has 0 amide bonds. The Kier molecular flexibility index (Phi) is 8.26. The van der Waals surface area contributed by atoms with Crippen molar-refractivity contribution in [2.75, 3.05) is 0 Å². The second kappa shape index (κ2) is 14.6. The van der Waals surface area contributed by atoms with Gasteiger partial charge in [-0.3, -0.25) is 0 Å². The molecule has 348 valence electrons. The Labute approximate surface area is 434 Å². The van der Waals surface area contributed by atoms with Gasteiger partial charge in [-0.2, -0.15) is 0 Å². The van der Waals surface area contributed by atoms with Gasteiger partial charge in [-0.05, 0) is 157 Å². The molecule has 0 unspecified atom stereocenters. The summed E-state index contributed by atoms with van der Waals surface area (Å²) < 4.78 is 0. The van der Waals surface area contributed by atoms with Gasteiger partial charge >= 0.3 is 0 Å². The van der Waals surface area contributed by atoms with E-state index < -0.39 is 10.8 Å². The largest absolute Gasteiger partial charge is 0.0725 e. The number of benzene rings is 11. The molecule has 74 heavy (non-hydrogen) atoms. The van der Waals surface area contributed by atoms with E-state index in [1.807, 2.05) is 0 Å². The van der Waals surface area contributed by atoms with Crippen molar-refractivity contribution >= 4 is 0 Å². The Morgan fingerprint density at radius 1 is 0.203 bits per heavy atom. The molecule has 0 saturated heterocycles. The number of rotatable bonds is 4. The van der Waals surface area contributed by atoms with Crippen LogP contribution in [0.1, 0.15) is 94.5 Å². The smallest absolute Gasteiger partial charge is 0.0619 e. The summed E-state index contributed by atoms with van der Waals surface area (Å²) in [5.41, 5.74) is 33.2. The Hall–Kier alpha value is -8.58. The van der Waals surface area contributed by atoms with Crippen LogP contribution < -0.4 is 0 Å². The summed E-state index contributed by atoms with van der Waals surface area (Å²) in [6.45, 7) is 9.55. The first-order valence-electron chi connectivity index (χ1n) is 26.5. The second-order valence-corrected chi connectivity index (χ2v) is 22.6. The summed E-state index contributed by atoms with van der Waals surface area (Å²) in [5, 5.41) is 0. The zero-order chi connectivity index (χ0) is 49.3. The van der Waals surface area contributed by atoms with Crippen LogP contribution in [0, 0.1) is 0 Å². The topological polar surface area (TPSA) is 0 Å². The quantitative estimate of drug-likeness (QED) is 0.165. The molecule has 0 radical (unpaired) electrons. The lowest BCUT2D eigenvalue weighted by Crippen LogP contribution is -2.29. The highest BCUT2D eigenvalue weighted by Crippen LogP contribution is 2.68. The third-order valence-electron chi connectivity index (χ3n) is 18.6. The van der Waals surface area contributed by atoms with Crippen LogP contribution in [0.2, 0.25) is 0 Å². The highest BCUT2D eigenvalue weighted by molar-refractivity contribution is 6.05. The summed E-state index contributed by atoms with van der Waals surface area (Å²) in [5.74, 6) is 0. The van der Waals surface area contributed by atoms with Crippen molar-refractivity contribution in [3.8, 4) is 77.9 Å². The van der Waals surface area contributed by atoms with Gasteiger partial charge in [0.25, 0.3) is 0 Å². The van der Waals surface area contributed by atoms with Crippen LogP contribution in [0.15, 0.2) is 243 Å². The van der Waals surface area contributed by atoms with Crippen LogP contribution in [-0.2, 0) is 21.7 Å². The SMILES string of the molecule is CC1(C)c2ccccc2-c2c(-c3cccc(C4(c5cccc(-c6cccc7c6-c6ccccc6C7(C)C)c5)c5ccccc5-c5c4ccc4c5-c5ccccc5C45c4ccccc4-c4ccccc45)c3)cccc21. The van der Waals surface area contributed by atoms with Gasteiger partial charge in [0, 0.05) is 10.8 Å². The molecule has 0 heterocycles. The van der Waals surface area contributed by atoms with Gasteiger partial charge in [0.15, 0.2) is 0 Å². The third-order valence-corrected chi connectivity index (χ3v) is 18.6. The molecule has 0 N–H and O–H groups in total. The maximum atomic E-state index is 2.55. The molecule has 0 aromatic heterocycles. The first-order valence-corrected chi connectivity index (χ1v) is 26.5. The second-order valence-electron chi connectivity index (χ2n) is 22.6. The Balaban J connectivity index is 1.01. The van der Waals surface area contributed by atoms with Gasteiger partial charge < -0.3 is 0 Å². The minimum Gasteiger partial charge on any atom is -0.0619 e. The van der Waals surface area contributed by atoms with Crippen molar-refractivity contribution in [1.82, 2.24) is 0 Å². The van der Waals surface area contributed by atoms with Crippen LogP contribution in [0.3, 0.4) is 0 Å². The fourth-order valence-corrected chi connectivity index (χ4v) is 15.6. The molecule has 1 spiro atoms. The molecule has 0 fully saturated rings. The van der Waals surface area contributed by atoms with E-state index in [9.17, 15) is 0 Å². The monoisotopic (exact) mass is 940 g/mol. The molecule has 5 aliphatic carbocycles. The summed E-state index contributed by atoms with van der Waals surface area (Å²) in [6.07, 6.45) is 0. The molecule has 0 aliphatic heterocycles. The number of hydrogen-bond acceptors (Lipinski definition) is 0. The maximum Gasteiger partial charge on any atom is 0.0725 e. The average Bonchev–Trinajstić information content (AvgIpc) is 4.25. The lowest BCUT2D eigenvalue weighted by atomic mass is 9.66. The van der Waals surface area contributed by atoms with E-state index in [0.717, 1.165) is 0 Å². The molecule has 11 aromatic carbocycles. The summed E-state index contributed by atoms with van der Waals surface area (Å²) in [6, 6.07) is 93.6. The van der Waals surface area contributed by atoms with Gasteiger partial charge in [0.05, 0.1) is 10.8 Å². The molecule has 0 heteroatoms. The molecule has 0 atom stereocenters. The summed E-state index contributed by atoms with van der Waals surface area (Å²) in [4.78, 5) is 0. The minimum absolute atomic E-state index is 0.105. The van der Waals surface area contributed by atoms with Crippen molar-refractivity contribution in [2.45, 2.75) is 49.4 Å². The minimum atomic E-state index is -0.687. The molecule has 0 saturated carbocycles. The van der Waals surface area contributed by atoms with Crippen molar-refractivity contribution < 1.29 is 0 Å². The average molecular weight is 941 g/mol. The fraction of sp³-hybridized carbons (Fsp3) is 0.108. The Morgan fingerprint density at radius 2 is 0.500 bits per heavy atom. The Morgan fingerprint density at radius 3 is 0.932 bits per heavy atom. The standard InChI is InChI=1S/C74H52/c1-71(2)57-33-11-7-27-53(57)67-49(31-19-39-63(67)71)45-21-17-23-47(43-45)73(48-24-18-22-46(44-48)50-32-20-40-64-68(50)54-28-8-12-34-58(54)72(64,3)4)61-37-15-9-29-55(61)69-65(73)41-42-66-70(69)56-30-10-16-38-62(56)74(66)59-35-13-5-25-51(59)52-26-6-14-36-60(52)74/h5-44H,1-4H3. The van der Waals surface area contributed by atoms with E-state index in [4.69, 9.17) is 0 Å². The molecule has 16 rings (SSSR count). The highest BCUT2D eigenvalue weighted by Gasteiger charge is 2.55. The van der Waals surface area contributed by atoms with E-state index >= 15 is 0 Å². The van der Waals surface area contributed by atoms with Gasteiger partial charge in [0.1, 0.15) is 0 Å². The molecule has 11 aromatic rings. The predicted molar refractivity (Wildman–Crippen MR) is 306 cm³/mol. The van der Waals surface area contributed by atoms with Crippen molar-refractivity contribution in [1.29, 1.82) is 0 Å². The van der Waals surface area contributed by atoms with E-state index in [2.05, 4.69) is 270 Å². The van der Waals surface area contributed by atoms with E-state index in [-0.39, 0.29) is 10.8 Å². The van der Waals surface area contributed by atoms with E-state index in [1.165, 1.54) is 145 Å². The van der Waals surface area contributed by atoms with Gasteiger partial charge in [-0.25, -0.2) is 0 Å².